The molecule has 2 aromatic carbocycles. The van der Waals surface area contributed by atoms with E-state index in [-0.39, 0.29) is 18.2 Å². The standard InChI is InChI=1S/C15H15ClFNO3S/c16-13-2-1-3-14(17)15(13)22(20,21)18-9-8-11-4-6-12(10-19)7-5-11/h1-7,18-19H,8-10H2. The van der Waals surface area contributed by atoms with Crippen LogP contribution in [0.25, 0.3) is 0 Å². The average molecular weight is 344 g/mol. The van der Waals surface area contributed by atoms with Gasteiger partial charge in [-0.05, 0) is 29.7 Å². The number of aliphatic hydroxyl groups excluding tert-OH is 1. The Morgan fingerprint density at radius 1 is 1.09 bits per heavy atom. The van der Waals surface area contributed by atoms with Gasteiger partial charge >= 0.3 is 0 Å². The summed E-state index contributed by atoms with van der Waals surface area (Å²) in [5, 5.41) is 8.80. The van der Waals surface area contributed by atoms with Crippen LogP contribution in [0.1, 0.15) is 11.1 Å². The van der Waals surface area contributed by atoms with Crippen molar-refractivity contribution in [2.45, 2.75) is 17.9 Å². The molecule has 0 atom stereocenters. The fourth-order valence-electron chi connectivity index (χ4n) is 1.95. The zero-order chi connectivity index (χ0) is 16.2. The van der Waals surface area contributed by atoms with Crippen molar-refractivity contribution in [2.24, 2.45) is 0 Å². The predicted octanol–water partition coefficient (Wildman–Crippen LogP) is 2.49. The van der Waals surface area contributed by atoms with Crippen molar-refractivity contribution in [1.29, 1.82) is 0 Å². The number of hydrogen-bond acceptors (Lipinski definition) is 3. The Kier molecular flexibility index (Phi) is 5.52. The van der Waals surface area contributed by atoms with E-state index in [1.54, 1.807) is 24.3 Å². The lowest BCUT2D eigenvalue weighted by molar-refractivity contribution is 0.282. The van der Waals surface area contributed by atoms with E-state index in [1.807, 2.05) is 0 Å². The second kappa shape index (κ2) is 7.19. The first-order valence-corrected chi connectivity index (χ1v) is 8.42. The highest BCUT2D eigenvalue weighted by molar-refractivity contribution is 7.89. The average Bonchev–Trinajstić information content (AvgIpc) is 2.47. The van der Waals surface area contributed by atoms with Gasteiger partial charge in [0.15, 0.2) is 0 Å². The number of halogens is 2. The Bertz CT molecular complexity index is 728. The summed E-state index contributed by atoms with van der Waals surface area (Å²) in [5.74, 6) is -0.882. The van der Waals surface area contributed by atoms with Crippen molar-refractivity contribution in [3.8, 4) is 0 Å². The number of nitrogens with one attached hydrogen (secondary N) is 1. The van der Waals surface area contributed by atoms with Gasteiger partial charge in [0, 0.05) is 6.54 Å². The van der Waals surface area contributed by atoms with E-state index in [1.165, 1.54) is 12.1 Å². The molecule has 0 fully saturated rings. The summed E-state index contributed by atoms with van der Waals surface area (Å²) in [7, 11) is -4.00. The molecule has 22 heavy (non-hydrogen) atoms. The van der Waals surface area contributed by atoms with Crippen LogP contribution in [0.4, 0.5) is 4.39 Å². The Labute approximate surface area is 133 Å². The van der Waals surface area contributed by atoms with Gasteiger partial charge in [0.2, 0.25) is 10.0 Å². The van der Waals surface area contributed by atoms with Gasteiger partial charge in [-0.1, -0.05) is 41.9 Å². The molecule has 2 aromatic rings. The van der Waals surface area contributed by atoms with Gasteiger partial charge in [-0.2, -0.15) is 0 Å². The molecule has 0 amide bonds. The maximum atomic E-state index is 13.7. The molecule has 0 aliphatic carbocycles. The van der Waals surface area contributed by atoms with E-state index in [4.69, 9.17) is 16.7 Å². The smallest absolute Gasteiger partial charge is 0.244 e. The van der Waals surface area contributed by atoms with Crippen LogP contribution in [-0.2, 0) is 23.1 Å². The zero-order valence-electron chi connectivity index (χ0n) is 11.6. The first kappa shape index (κ1) is 16.9. The first-order chi connectivity index (χ1) is 10.4. The molecule has 0 saturated carbocycles. The molecule has 0 aliphatic rings. The highest BCUT2D eigenvalue weighted by atomic mass is 35.5. The summed E-state index contributed by atoms with van der Waals surface area (Å²) >= 11 is 5.76. The van der Waals surface area contributed by atoms with Crippen molar-refractivity contribution < 1.29 is 17.9 Å². The van der Waals surface area contributed by atoms with Crippen LogP contribution >= 0.6 is 11.6 Å². The van der Waals surface area contributed by atoms with E-state index >= 15 is 0 Å². The lowest BCUT2D eigenvalue weighted by atomic mass is 10.1. The summed E-state index contributed by atoms with van der Waals surface area (Å²) < 4.78 is 40.2. The van der Waals surface area contributed by atoms with E-state index < -0.39 is 20.7 Å². The number of benzene rings is 2. The fraction of sp³-hybridized carbons (Fsp3) is 0.200. The second-order valence-electron chi connectivity index (χ2n) is 4.67. The minimum Gasteiger partial charge on any atom is -0.392 e. The van der Waals surface area contributed by atoms with Gasteiger partial charge in [-0.25, -0.2) is 17.5 Å². The topological polar surface area (TPSA) is 66.4 Å². The third kappa shape index (κ3) is 4.04. The Hall–Kier alpha value is -1.47. The Morgan fingerprint density at radius 3 is 2.32 bits per heavy atom. The molecule has 118 valence electrons. The molecule has 0 heterocycles. The van der Waals surface area contributed by atoms with E-state index in [9.17, 15) is 12.8 Å². The molecule has 0 spiro atoms. The van der Waals surface area contributed by atoms with E-state index in [0.29, 0.717) is 6.42 Å². The molecule has 0 bridgehead atoms. The lowest BCUT2D eigenvalue weighted by Crippen LogP contribution is -2.27. The predicted molar refractivity (Wildman–Crippen MR) is 82.7 cm³/mol. The number of rotatable bonds is 6. The van der Waals surface area contributed by atoms with Crippen LogP contribution in [0.3, 0.4) is 0 Å². The van der Waals surface area contributed by atoms with Gasteiger partial charge in [-0.3, -0.25) is 0 Å². The molecule has 0 unspecified atom stereocenters. The largest absolute Gasteiger partial charge is 0.392 e. The number of sulfonamides is 1. The van der Waals surface area contributed by atoms with Crippen molar-refractivity contribution in [3.05, 3.63) is 64.4 Å². The van der Waals surface area contributed by atoms with Crippen LogP contribution in [0.2, 0.25) is 5.02 Å². The van der Waals surface area contributed by atoms with E-state index in [2.05, 4.69) is 4.72 Å². The molecule has 4 nitrogen and oxygen atoms in total. The molecular weight excluding hydrogens is 329 g/mol. The molecule has 2 N–H and O–H groups in total. The molecule has 0 aliphatic heterocycles. The third-order valence-electron chi connectivity index (χ3n) is 3.10. The summed E-state index contributed by atoms with van der Waals surface area (Å²) in [5.41, 5.74) is 1.68. The molecule has 0 aromatic heterocycles. The highest BCUT2D eigenvalue weighted by Crippen LogP contribution is 2.23. The van der Waals surface area contributed by atoms with Gasteiger partial charge in [0.1, 0.15) is 10.7 Å². The van der Waals surface area contributed by atoms with Gasteiger partial charge < -0.3 is 5.11 Å². The van der Waals surface area contributed by atoms with E-state index in [0.717, 1.165) is 17.2 Å². The number of aliphatic hydroxyl groups is 1. The summed E-state index contributed by atoms with van der Waals surface area (Å²) in [6.07, 6.45) is 0.441. The second-order valence-corrected chi connectivity index (χ2v) is 6.78. The van der Waals surface area contributed by atoms with Crippen LogP contribution in [0.15, 0.2) is 47.4 Å². The Morgan fingerprint density at radius 2 is 1.73 bits per heavy atom. The van der Waals surface area contributed by atoms with Crippen LogP contribution < -0.4 is 4.72 Å². The summed E-state index contributed by atoms with van der Waals surface area (Å²) in [6, 6.07) is 10.8. The maximum absolute atomic E-state index is 13.7. The van der Waals surface area contributed by atoms with Gasteiger partial charge in [0.25, 0.3) is 0 Å². The maximum Gasteiger partial charge on any atom is 0.244 e. The fourth-order valence-corrected chi connectivity index (χ4v) is 3.58. The SMILES string of the molecule is O=S(=O)(NCCc1ccc(CO)cc1)c1c(F)cccc1Cl. The first-order valence-electron chi connectivity index (χ1n) is 6.56. The van der Waals surface area contributed by atoms with Crippen molar-refractivity contribution in [2.75, 3.05) is 6.54 Å². The molecule has 0 radical (unpaired) electrons. The quantitative estimate of drug-likeness (QED) is 0.847. The van der Waals surface area contributed by atoms with Crippen LogP contribution in [-0.4, -0.2) is 20.1 Å². The minimum atomic E-state index is -4.00. The van der Waals surface area contributed by atoms with Gasteiger partial charge in [-0.15, -0.1) is 0 Å². The number of hydrogen-bond donors (Lipinski definition) is 2. The molecule has 7 heteroatoms. The third-order valence-corrected chi connectivity index (χ3v) is 5.06. The van der Waals surface area contributed by atoms with Crippen LogP contribution in [0.5, 0.6) is 0 Å². The normalized spacial score (nSPS) is 11.6. The van der Waals surface area contributed by atoms with Crippen LogP contribution in [0, 0.1) is 5.82 Å². The highest BCUT2D eigenvalue weighted by Gasteiger charge is 2.21. The minimum absolute atomic E-state index is 0.0430. The van der Waals surface area contributed by atoms with Crippen molar-refractivity contribution in [3.63, 3.8) is 0 Å². The van der Waals surface area contributed by atoms with Gasteiger partial charge in [0.05, 0.1) is 11.6 Å². The zero-order valence-corrected chi connectivity index (χ0v) is 13.2. The summed E-state index contributed by atoms with van der Waals surface area (Å²) in [6.45, 7) is 0.0736. The molecule has 2 rings (SSSR count). The monoisotopic (exact) mass is 343 g/mol. The Balaban J connectivity index is 2.03. The molecular formula is C15H15ClFNO3S. The lowest BCUT2D eigenvalue weighted by Gasteiger charge is -2.09. The van der Waals surface area contributed by atoms with Crippen molar-refractivity contribution in [1.82, 2.24) is 4.72 Å². The van der Waals surface area contributed by atoms with Crippen molar-refractivity contribution >= 4 is 21.6 Å². The summed E-state index contributed by atoms with van der Waals surface area (Å²) in [4.78, 5) is -0.535. The molecule has 0 saturated heterocycles.